The Kier molecular flexibility index (Phi) is 5.30. The van der Waals surface area contributed by atoms with Gasteiger partial charge in [-0.05, 0) is 19.8 Å². The first-order valence-electron chi connectivity index (χ1n) is 6.64. The SMILES string of the molecule is COC(=O)[C@H](NC(=O)Cc1c(C)nn(C)c1C)C(C)C. The average molecular weight is 281 g/mol. The van der Waals surface area contributed by atoms with Gasteiger partial charge in [-0.2, -0.15) is 5.10 Å². The standard InChI is InChI=1S/C14H23N3O3/c1-8(2)13(14(19)20-6)15-12(18)7-11-9(3)16-17(5)10(11)4/h8,13H,7H2,1-6H3,(H,15,18)/t13-/m1/s1. The Hall–Kier alpha value is -1.85. The number of rotatable bonds is 5. The van der Waals surface area contributed by atoms with Crippen LogP contribution in [-0.4, -0.2) is 34.8 Å². The molecule has 1 amide bonds. The molecule has 0 bridgehead atoms. The molecule has 0 aromatic carbocycles. The van der Waals surface area contributed by atoms with Crippen molar-refractivity contribution in [2.75, 3.05) is 7.11 Å². The van der Waals surface area contributed by atoms with Crippen LogP contribution in [0.3, 0.4) is 0 Å². The summed E-state index contributed by atoms with van der Waals surface area (Å²) in [5.41, 5.74) is 2.69. The van der Waals surface area contributed by atoms with Crippen molar-refractivity contribution in [3.8, 4) is 0 Å². The Morgan fingerprint density at radius 3 is 2.35 bits per heavy atom. The summed E-state index contributed by atoms with van der Waals surface area (Å²) in [6, 6.07) is -0.621. The van der Waals surface area contributed by atoms with Crippen LogP contribution in [-0.2, 0) is 27.8 Å². The first kappa shape index (κ1) is 16.2. The molecule has 1 N–H and O–H groups in total. The number of nitrogens with zero attached hydrogens (tertiary/aromatic N) is 2. The number of hydrogen-bond donors (Lipinski definition) is 1. The van der Waals surface area contributed by atoms with Crippen LogP contribution in [0.4, 0.5) is 0 Å². The van der Waals surface area contributed by atoms with Crippen LogP contribution in [0.5, 0.6) is 0 Å². The third-order valence-electron chi connectivity index (χ3n) is 3.43. The molecule has 0 aliphatic rings. The fraction of sp³-hybridized carbons (Fsp3) is 0.643. The molecule has 1 heterocycles. The topological polar surface area (TPSA) is 73.2 Å². The zero-order chi connectivity index (χ0) is 15.4. The molecular formula is C14H23N3O3. The second kappa shape index (κ2) is 6.54. The van der Waals surface area contributed by atoms with Crippen molar-refractivity contribution >= 4 is 11.9 Å². The van der Waals surface area contributed by atoms with E-state index in [4.69, 9.17) is 4.74 Å². The molecule has 0 saturated heterocycles. The van der Waals surface area contributed by atoms with Gasteiger partial charge < -0.3 is 10.1 Å². The van der Waals surface area contributed by atoms with Crippen LogP contribution in [0.15, 0.2) is 0 Å². The highest BCUT2D eigenvalue weighted by Gasteiger charge is 2.25. The number of amides is 1. The number of esters is 1. The summed E-state index contributed by atoms with van der Waals surface area (Å²) in [5, 5.41) is 7.00. The van der Waals surface area contributed by atoms with Gasteiger partial charge in [0.25, 0.3) is 0 Å². The molecule has 112 valence electrons. The van der Waals surface area contributed by atoms with E-state index in [1.807, 2.05) is 34.7 Å². The fourth-order valence-electron chi connectivity index (χ4n) is 2.08. The molecule has 0 aliphatic carbocycles. The van der Waals surface area contributed by atoms with E-state index in [-0.39, 0.29) is 18.2 Å². The summed E-state index contributed by atoms with van der Waals surface area (Å²) in [7, 11) is 3.16. The molecular weight excluding hydrogens is 258 g/mol. The number of hydrogen-bond acceptors (Lipinski definition) is 4. The number of ether oxygens (including phenoxy) is 1. The molecule has 6 heteroatoms. The van der Waals surface area contributed by atoms with Crippen molar-refractivity contribution in [2.24, 2.45) is 13.0 Å². The second-order valence-corrected chi connectivity index (χ2v) is 5.26. The third kappa shape index (κ3) is 3.59. The van der Waals surface area contributed by atoms with Crippen LogP contribution >= 0.6 is 0 Å². The Morgan fingerprint density at radius 1 is 1.35 bits per heavy atom. The van der Waals surface area contributed by atoms with Gasteiger partial charge in [0.05, 0.1) is 19.2 Å². The van der Waals surface area contributed by atoms with Gasteiger partial charge in [0, 0.05) is 18.3 Å². The second-order valence-electron chi connectivity index (χ2n) is 5.26. The van der Waals surface area contributed by atoms with Crippen molar-refractivity contribution in [1.29, 1.82) is 0 Å². The Morgan fingerprint density at radius 2 is 1.95 bits per heavy atom. The van der Waals surface area contributed by atoms with Gasteiger partial charge >= 0.3 is 5.97 Å². The van der Waals surface area contributed by atoms with Gasteiger partial charge in [0.15, 0.2) is 0 Å². The molecule has 1 atom stereocenters. The predicted molar refractivity (Wildman–Crippen MR) is 75.2 cm³/mol. The summed E-state index contributed by atoms with van der Waals surface area (Å²) >= 11 is 0. The molecule has 0 aliphatic heterocycles. The molecule has 0 unspecified atom stereocenters. The molecule has 20 heavy (non-hydrogen) atoms. The van der Waals surface area contributed by atoms with E-state index < -0.39 is 12.0 Å². The summed E-state index contributed by atoms with van der Waals surface area (Å²) in [6.45, 7) is 7.52. The van der Waals surface area contributed by atoms with Crippen molar-refractivity contribution < 1.29 is 14.3 Å². The molecule has 0 radical (unpaired) electrons. The summed E-state index contributed by atoms with van der Waals surface area (Å²) < 4.78 is 6.45. The van der Waals surface area contributed by atoms with E-state index in [9.17, 15) is 9.59 Å². The summed E-state index contributed by atoms with van der Waals surface area (Å²) in [5.74, 6) is -0.649. The van der Waals surface area contributed by atoms with Gasteiger partial charge in [-0.25, -0.2) is 4.79 Å². The number of carbonyl (C=O) groups excluding carboxylic acids is 2. The highest BCUT2D eigenvalue weighted by molar-refractivity contribution is 5.86. The lowest BCUT2D eigenvalue weighted by atomic mass is 10.0. The highest BCUT2D eigenvalue weighted by Crippen LogP contribution is 2.13. The van der Waals surface area contributed by atoms with Crippen LogP contribution in [0.2, 0.25) is 0 Å². The average Bonchev–Trinajstić information content (AvgIpc) is 2.61. The molecule has 6 nitrogen and oxygen atoms in total. The van der Waals surface area contributed by atoms with Crippen molar-refractivity contribution in [3.05, 3.63) is 17.0 Å². The van der Waals surface area contributed by atoms with Gasteiger partial charge in [-0.15, -0.1) is 0 Å². The predicted octanol–water partition coefficient (Wildman–Crippen LogP) is 0.893. The van der Waals surface area contributed by atoms with Crippen molar-refractivity contribution in [3.63, 3.8) is 0 Å². The highest BCUT2D eigenvalue weighted by atomic mass is 16.5. The summed E-state index contributed by atoms with van der Waals surface area (Å²) in [6.07, 6.45) is 0.214. The molecule has 0 saturated carbocycles. The first-order valence-corrected chi connectivity index (χ1v) is 6.64. The smallest absolute Gasteiger partial charge is 0.328 e. The van der Waals surface area contributed by atoms with Crippen LogP contribution in [0.25, 0.3) is 0 Å². The quantitative estimate of drug-likeness (QED) is 0.814. The van der Waals surface area contributed by atoms with E-state index >= 15 is 0 Å². The van der Waals surface area contributed by atoms with E-state index in [1.54, 1.807) is 4.68 Å². The first-order chi connectivity index (χ1) is 9.27. The van der Waals surface area contributed by atoms with Gasteiger partial charge in [0.2, 0.25) is 5.91 Å². The minimum atomic E-state index is -0.621. The maximum atomic E-state index is 12.1. The number of carbonyl (C=O) groups is 2. The van der Waals surface area contributed by atoms with Crippen LogP contribution < -0.4 is 5.32 Å². The lowest BCUT2D eigenvalue weighted by molar-refractivity contribution is -0.146. The maximum Gasteiger partial charge on any atom is 0.328 e. The zero-order valence-corrected chi connectivity index (χ0v) is 13.0. The molecule has 0 spiro atoms. The lowest BCUT2D eigenvalue weighted by Crippen LogP contribution is -2.45. The molecule has 1 aromatic heterocycles. The van der Waals surface area contributed by atoms with Gasteiger partial charge in [-0.1, -0.05) is 13.8 Å². The van der Waals surface area contributed by atoms with Crippen molar-refractivity contribution in [2.45, 2.75) is 40.2 Å². The van der Waals surface area contributed by atoms with Gasteiger partial charge in [0.1, 0.15) is 6.04 Å². The minimum absolute atomic E-state index is 0.0255. The normalized spacial score (nSPS) is 12.3. The number of nitrogens with one attached hydrogen (secondary N) is 1. The largest absolute Gasteiger partial charge is 0.467 e. The monoisotopic (exact) mass is 281 g/mol. The fourth-order valence-corrected chi connectivity index (χ4v) is 2.08. The number of aromatic nitrogens is 2. The number of methoxy groups -OCH3 is 1. The third-order valence-corrected chi connectivity index (χ3v) is 3.43. The Bertz CT molecular complexity index is 506. The van der Waals surface area contributed by atoms with Crippen LogP contribution in [0.1, 0.15) is 30.8 Å². The number of aryl methyl sites for hydroxylation is 2. The molecule has 0 fully saturated rings. The van der Waals surface area contributed by atoms with E-state index in [1.165, 1.54) is 7.11 Å². The maximum absolute atomic E-state index is 12.1. The van der Waals surface area contributed by atoms with E-state index in [0.29, 0.717) is 0 Å². The Balaban J connectivity index is 2.78. The van der Waals surface area contributed by atoms with Crippen LogP contribution in [0, 0.1) is 19.8 Å². The van der Waals surface area contributed by atoms with E-state index in [2.05, 4.69) is 10.4 Å². The van der Waals surface area contributed by atoms with Gasteiger partial charge in [-0.3, -0.25) is 9.48 Å². The molecule has 1 aromatic rings. The lowest BCUT2D eigenvalue weighted by Gasteiger charge is -2.19. The Labute approximate surface area is 119 Å². The minimum Gasteiger partial charge on any atom is -0.467 e. The summed E-state index contributed by atoms with van der Waals surface area (Å²) in [4.78, 5) is 23.7. The molecule has 1 rings (SSSR count). The van der Waals surface area contributed by atoms with Crippen molar-refractivity contribution in [1.82, 2.24) is 15.1 Å². The zero-order valence-electron chi connectivity index (χ0n) is 13.0. The van der Waals surface area contributed by atoms with E-state index in [0.717, 1.165) is 17.0 Å².